The number of ether oxygens (including phenoxy) is 1. The summed E-state index contributed by atoms with van der Waals surface area (Å²) >= 11 is 6.35. The number of rotatable bonds is 2. The molecule has 3 rings (SSSR count). The summed E-state index contributed by atoms with van der Waals surface area (Å²) in [6.45, 7) is 0. The molecule has 0 radical (unpaired) electrons. The van der Waals surface area contributed by atoms with Crippen LogP contribution in [0.25, 0.3) is 0 Å². The van der Waals surface area contributed by atoms with Gasteiger partial charge in [-0.1, -0.05) is 35.9 Å². The van der Waals surface area contributed by atoms with Gasteiger partial charge in [0.15, 0.2) is 0 Å². The molecule has 0 amide bonds. The predicted molar refractivity (Wildman–Crippen MR) is 91.5 cm³/mol. The number of benzene rings is 2. The summed E-state index contributed by atoms with van der Waals surface area (Å²) in [5.41, 5.74) is 2.70. The van der Waals surface area contributed by atoms with Gasteiger partial charge in [0.2, 0.25) is 5.90 Å². The van der Waals surface area contributed by atoms with E-state index in [0.29, 0.717) is 10.8 Å². The van der Waals surface area contributed by atoms with Crippen molar-refractivity contribution in [2.24, 2.45) is 5.92 Å². The molecule has 5 heteroatoms. The monoisotopic (exact) mass is 325 g/mol. The van der Waals surface area contributed by atoms with Crippen molar-refractivity contribution in [1.29, 1.82) is 10.7 Å². The van der Waals surface area contributed by atoms with Gasteiger partial charge < -0.3 is 9.64 Å². The lowest BCUT2D eigenvalue weighted by Gasteiger charge is -2.31. The number of nitriles is 1. The average Bonchev–Trinajstić information content (AvgIpc) is 2.53. The van der Waals surface area contributed by atoms with E-state index in [9.17, 15) is 5.26 Å². The van der Waals surface area contributed by atoms with Crippen LogP contribution < -0.4 is 9.64 Å². The normalized spacial score (nSPS) is 19.5. The first kappa shape index (κ1) is 15.4. The molecular weight excluding hydrogens is 310 g/mol. The van der Waals surface area contributed by atoms with Gasteiger partial charge in [-0.15, -0.1) is 0 Å². The molecule has 2 unspecified atom stereocenters. The zero-order chi connectivity index (χ0) is 16.6. The maximum atomic E-state index is 9.53. The van der Waals surface area contributed by atoms with Crippen molar-refractivity contribution in [3.8, 4) is 11.8 Å². The Morgan fingerprint density at radius 1 is 1.17 bits per heavy atom. The summed E-state index contributed by atoms with van der Waals surface area (Å²) in [6, 6.07) is 15.5. The highest BCUT2D eigenvalue weighted by molar-refractivity contribution is 6.31. The molecular formula is C18H16ClN3O. The Hall–Kier alpha value is -2.51. The topological polar surface area (TPSA) is 60.1 Å². The molecule has 0 aliphatic carbocycles. The minimum atomic E-state index is -0.687. The van der Waals surface area contributed by atoms with Crippen LogP contribution in [0, 0.1) is 22.7 Å². The van der Waals surface area contributed by atoms with Gasteiger partial charge in [0.25, 0.3) is 0 Å². The Morgan fingerprint density at radius 3 is 2.57 bits per heavy atom. The van der Waals surface area contributed by atoms with Crippen molar-refractivity contribution in [2.75, 3.05) is 19.0 Å². The number of halogens is 1. The molecule has 1 heterocycles. The number of fused-ring (bicyclic) bond motifs is 1. The van der Waals surface area contributed by atoms with Crippen molar-refractivity contribution >= 4 is 23.2 Å². The van der Waals surface area contributed by atoms with E-state index >= 15 is 0 Å². The maximum Gasteiger partial charge on any atom is 0.205 e. The zero-order valence-electron chi connectivity index (χ0n) is 12.9. The molecule has 0 spiro atoms. The molecule has 0 saturated carbocycles. The molecule has 1 N–H and O–H groups in total. The highest BCUT2D eigenvalue weighted by Gasteiger charge is 2.37. The van der Waals surface area contributed by atoms with Crippen LogP contribution in [-0.2, 0) is 0 Å². The van der Waals surface area contributed by atoms with Crippen LogP contribution in [0.5, 0.6) is 5.75 Å². The van der Waals surface area contributed by atoms with Crippen molar-refractivity contribution in [3.63, 3.8) is 0 Å². The fraction of sp³-hybridized carbons (Fsp3) is 0.222. The van der Waals surface area contributed by atoms with Gasteiger partial charge in [0.1, 0.15) is 11.7 Å². The highest BCUT2D eigenvalue weighted by atomic mass is 35.5. The average molecular weight is 326 g/mol. The van der Waals surface area contributed by atoms with Crippen LogP contribution in [-0.4, -0.2) is 20.0 Å². The van der Waals surface area contributed by atoms with Crippen molar-refractivity contribution in [2.45, 2.75) is 5.92 Å². The van der Waals surface area contributed by atoms with Gasteiger partial charge in [-0.2, -0.15) is 5.26 Å². The third kappa shape index (κ3) is 2.64. The van der Waals surface area contributed by atoms with E-state index < -0.39 is 5.92 Å². The van der Waals surface area contributed by atoms with Gasteiger partial charge in [0.05, 0.1) is 6.07 Å². The van der Waals surface area contributed by atoms with Gasteiger partial charge in [0, 0.05) is 42.4 Å². The van der Waals surface area contributed by atoms with Gasteiger partial charge >= 0.3 is 0 Å². The molecule has 2 atom stereocenters. The van der Waals surface area contributed by atoms with Crippen LogP contribution >= 0.6 is 11.6 Å². The van der Waals surface area contributed by atoms with Crippen molar-refractivity contribution in [1.82, 2.24) is 0 Å². The molecule has 1 aliphatic rings. The Balaban J connectivity index is 2.20. The fourth-order valence-corrected chi connectivity index (χ4v) is 3.12. The Bertz CT molecular complexity index is 810. The third-order valence-electron chi connectivity index (χ3n) is 4.06. The Morgan fingerprint density at radius 2 is 1.91 bits per heavy atom. The summed E-state index contributed by atoms with van der Waals surface area (Å²) in [6.07, 6.45) is 0. The first-order valence-electron chi connectivity index (χ1n) is 7.24. The van der Waals surface area contributed by atoms with Crippen LogP contribution in [0.2, 0.25) is 5.02 Å². The SMILES string of the molecule is CN(C)c1ccc2c(c1)OC(=N)C(C#N)C2c1ccccc1Cl. The summed E-state index contributed by atoms with van der Waals surface area (Å²) in [5, 5.41) is 18.2. The van der Waals surface area contributed by atoms with E-state index in [1.165, 1.54) is 0 Å². The summed E-state index contributed by atoms with van der Waals surface area (Å²) in [4.78, 5) is 1.97. The molecule has 4 nitrogen and oxygen atoms in total. The fourth-order valence-electron chi connectivity index (χ4n) is 2.87. The number of nitrogens with one attached hydrogen (secondary N) is 1. The van der Waals surface area contributed by atoms with E-state index in [4.69, 9.17) is 21.7 Å². The second-order valence-corrected chi connectivity index (χ2v) is 6.10. The number of anilines is 1. The van der Waals surface area contributed by atoms with E-state index in [-0.39, 0.29) is 11.8 Å². The van der Waals surface area contributed by atoms with E-state index in [0.717, 1.165) is 16.8 Å². The van der Waals surface area contributed by atoms with Crippen molar-refractivity contribution in [3.05, 3.63) is 58.6 Å². The van der Waals surface area contributed by atoms with Gasteiger partial charge in [-0.25, -0.2) is 0 Å². The van der Waals surface area contributed by atoms with E-state index in [1.807, 2.05) is 55.4 Å². The lowest BCUT2D eigenvalue weighted by atomic mass is 9.79. The second kappa shape index (κ2) is 5.94. The lowest BCUT2D eigenvalue weighted by molar-refractivity contribution is 0.450. The number of hydrogen-bond donors (Lipinski definition) is 1. The third-order valence-corrected chi connectivity index (χ3v) is 4.41. The highest BCUT2D eigenvalue weighted by Crippen LogP contribution is 2.45. The quantitative estimate of drug-likeness (QED) is 0.906. The number of nitrogens with zero attached hydrogens (tertiary/aromatic N) is 2. The van der Waals surface area contributed by atoms with E-state index in [2.05, 4.69) is 6.07 Å². The van der Waals surface area contributed by atoms with Crippen LogP contribution in [0.15, 0.2) is 42.5 Å². The molecule has 2 aromatic carbocycles. The van der Waals surface area contributed by atoms with Crippen LogP contribution in [0.1, 0.15) is 17.0 Å². The molecule has 1 aliphatic heterocycles. The molecule has 116 valence electrons. The second-order valence-electron chi connectivity index (χ2n) is 5.69. The molecule has 0 fully saturated rings. The molecule has 0 saturated heterocycles. The Kier molecular flexibility index (Phi) is 3.97. The minimum Gasteiger partial charge on any atom is -0.442 e. The van der Waals surface area contributed by atoms with Gasteiger partial charge in [-0.05, 0) is 17.7 Å². The minimum absolute atomic E-state index is 0.0409. The van der Waals surface area contributed by atoms with E-state index in [1.54, 1.807) is 6.07 Å². The molecule has 2 aromatic rings. The lowest BCUT2D eigenvalue weighted by Crippen LogP contribution is -2.31. The smallest absolute Gasteiger partial charge is 0.205 e. The molecule has 23 heavy (non-hydrogen) atoms. The first-order chi connectivity index (χ1) is 11.0. The first-order valence-corrected chi connectivity index (χ1v) is 7.62. The Labute approximate surface area is 140 Å². The zero-order valence-corrected chi connectivity index (χ0v) is 13.6. The standard InChI is InChI=1S/C18H16ClN3O/c1-22(2)11-7-8-13-16(9-11)23-18(21)14(10-20)17(13)12-5-3-4-6-15(12)19/h3-9,14,17,21H,1-2H3. The van der Waals surface area contributed by atoms with Gasteiger partial charge in [-0.3, -0.25) is 5.41 Å². The van der Waals surface area contributed by atoms with Crippen LogP contribution in [0.3, 0.4) is 0 Å². The van der Waals surface area contributed by atoms with Crippen LogP contribution in [0.4, 0.5) is 5.69 Å². The van der Waals surface area contributed by atoms with Crippen molar-refractivity contribution < 1.29 is 4.74 Å². The molecule has 0 bridgehead atoms. The summed E-state index contributed by atoms with van der Waals surface area (Å²) in [5.74, 6) is -0.424. The number of hydrogen-bond acceptors (Lipinski definition) is 4. The summed E-state index contributed by atoms with van der Waals surface area (Å²) in [7, 11) is 3.89. The largest absolute Gasteiger partial charge is 0.442 e. The summed E-state index contributed by atoms with van der Waals surface area (Å²) < 4.78 is 5.61. The predicted octanol–water partition coefficient (Wildman–Crippen LogP) is 4.05. The molecule has 0 aromatic heterocycles. The maximum absolute atomic E-state index is 9.53.